The first-order valence-corrected chi connectivity index (χ1v) is 4.86. The number of carbonyl (C=O) groups is 2. The summed E-state index contributed by atoms with van der Waals surface area (Å²) < 4.78 is 5.10. The molecule has 0 radical (unpaired) electrons. The molecular formula is C10H19NO4. The minimum Gasteiger partial charge on any atom is -0.465 e. The molecule has 1 atom stereocenters. The fourth-order valence-electron chi connectivity index (χ4n) is 0.996. The number of rotatable bonds is 3. The van der Waals surface area contributed by atoms with Gasteiger partial charge in [0.05, 0.1) is 0 Å². The second kappa shape index (κ2) is 5.00. The molecule has 0 aromatic heterocycles. The van der Waals surface area contributed by atoms with E-state index in [9.17, 15) is 9.59 Å². The third kappa shape index (κ3) is 5.93. The number of hydrogen-bond acceptors (Lipinski definition) is 3. The number of hydrogen-bond donors (Lipinski definition) is 2. The van der Waals surface area contributed by atoms with Gasteiger partial charge in [0.15, 0.2) is 0 Å². The van der Waals surface area contributed by atoms with Crippen molar-refractivity contribution in [2.45, 2.75) is 46.3 Å². The number of nitrogens with one attached hydrogen (secondary N) is 1. The molecule has 0 aliphatic heterocycles. The highest BCUT2D eigenvalue weighted by Crippen LogP contribution is 2.12. The van der Waals surface area contributed by atoms with Crippen LogP contribution >= 0.6 is 0 Å². The van der Waals surface area contributed by atoms with Gasteiger partial charge >= 0.3 is 12.1 Å². The quantitative estimate of drug-likeness (QED) is 0.704. The van der Waals surface area contributed by atoms with Crippen LogP contribution < -0.4 is 5.32 Å². The zero-order valence-corrected chi connectivity index (χ0v) is 9.83. The van der Waals surface area contributed by atoms with Crippen molar-refractivity contribution in [2.75, 3.05) is 0 Å². The van der Waals surface area contributed by atoms with Gasteiger partial charge < -0.3 is 15.2 Å². The lowest BCUT2D eigenvalue weighted by Crippen LogP contribution is -2.46. The van der Waals surface area contributed by atoms with Crippen LogP contribution in [0.2, 0.25) is 0 Å². The largest absolute Gasteiger partial charge is 0.465 e. The van der Waals surface area contributed by atoms with E-state index in [1.165, 1.54) is 0 Å². The third-order valence-electron chi connectivity index (χ3n) is 1.61. The van der Waals surface area contributed by atoms with Crippen LogP contribution in [0.1, 0.15) is 34.6 Å². The molecule has 0 saturated heterocycles. The first-order valence-electron chi connectivity index (χ1n) is 4.86. The molecule has 0 saturated carbocycles. The number of ether oxygens (including phenoxy) is 1. The molecule has 0 aromatic carbocycles. The molecule has 0 rings (SSSR count). The Kier molecular flexibility index (Phi) is 4.58. The molecule has 0 aliphatic rings. The Morgan fingerprint density at radius 1 is 1.27 bits per heavy atom. The Hall–Kier alpha value is -1.26. The van der Waals surface area contributed by atoms with E-state index in [1.54, 1.807) is 34.6 Å². The molecule has 0 bridgehead atoms. The van der Waals surface area contributed by atoms with Gasteiger partial charge in [-0.05, 0) is 26.7 Å². The molecule has 0 aromatic rings. The highest BCUT2D eigenvalue weighted by atomic mass is 16.6. The lowest BCUT2D eigenvalue weighted by molar-refractivity contribution is -0.158. The van der Waals surface area contributed by atoms with Crippen molar-refractivity contribution >= 4 is 12.1 Å². The van der Waals surface area contributed by atoms with Gasteiger partial charge in [-0.15, -0.1) is 0 Å². The average molecular weight is 217 g/mol. The molecule has 0 fully saturated rings. The van der Waals surface area contributed by atoms with Crippen LogP contribution in [0.4, 0.5) is 4.79 Å². The van der Waals surface area contributed by atoms with Crippen molar-refractivity contribution in [2.24, 2.45) is 5.92 Å². The molecule has 5 nitrogen and oxygen atoms in total. The third-order valence-corrected chi connectivity index (χ3v) is 1.61. The minimum atomic E-state index is -1.22. The van der Waals surface area contributed by atoms with Crippen LogP contribution in [0.5, 0.6) is 0 Å². The fraction of sp³-hybridized carbons (Fsp3) is 0.800. The predicted molar refractivity (Wildman–Crippen MR) is 55.6 cm³/mol. The van der Waals surface area contributed by atoms with E-state index in [0.29, 0.717) is 0 Å². The van der Waals surface area contributed by atoms with E-state index in [2.05, 4.69) is 5.32 Å². The first-order chi connectivity index (χ1) is 6.63. The standard InChI is InChI=1S/C10H19NO4/c1-6(2)7(11-9(13)14)8(12)15-10(3,4)5/h6-7,11H,1-5H3,(H,13,14)/t7-/m1/s1. The summed E-state index contributed by atoms with van der Waals surface area (Å²) >= 11 is 0. The van der Waals surface area contributed by atoms with Crippen molar-refractivity contribution in [1.82, 2.24) is 5.32 Å². The number of amides is 1. The van der Waals surface area contributed by atoms with Gasteiger partial charge in [-0.25, -0.2) is 9.59 Å². The molecule has 0 unspecified atom stereocenters. The summed E-state index contributed by atoms with van der Waals surface area (Å²) in [5, 5.41) is 10.7. The van der Waals surface area contributed by atoms with Gasteiger partial charge in [-0.1, -0.05) is 13.8 Å². The Morgan fingerprint density at radius 2 is 1.73 bits per heavy atom. The maximum absolute atomic E-state index is 11.6. The molecule has 2 N–H and O–H groups in total. The fourth-order valence-corrected chi connectivity index (χ4v) is 0.996. The van der Waals surface area contributed by atoms with E-state index in [0.717, 1.165) is 0 Å². The Labute approximate surface area is 89.8 Å². The monoisotopic (exact) mass is 217 g/mol. The Morgan fingerprint density at radius 3 is 2.00 bits per heavy atom. The summed E-state index contributed by atoms with van der Waals surface area (Å²) in [6, 6.07) is -0.818. The minimum absolute atomic E-state index is 0.143. The zero-order chi connectivity index (χ0) is 12.2. The van der Waals surface area contributed by atoms with E-state index in [1.807, 2.05) is 0 Å². The van der Waals surface area contributed by atoms with Gasteiger partial charge in [-0.3, -0.25) is 0 Å². The smallest absolute Gasteiger partial charge is 0.405 e. The van der Waals surface area contributed by atoms with E-state index >= 15 is 0 Å². The molecular weight excluding hydrogens is 198 g/mol. The van der Waals surface area contributed by atoms with Gasteiger partial charge in [-0.2, -0.15) is 0 Å². The summed E-state index contributed by atoms with van der Waals surface area (Å²) in [6.45, 7) is 8.73. The van der Waals surface area contributed by atoms with Crippen molar-refractivity contribution < 1.29 is 19.4 Å². The normalized spacial score (nSPS) is 13.5. The SMILES string of the molecule is CC(C)[C@@H](NC(=O)O)C(=O)OC(C)(C)C. The van der Waals surface area contributed by atoms with Crippen LogP contribution in [-0.4, -0.2) is 28.8 Å². The van der Waals surface area contributed by atoms with Crippen LogP contribution in [0.3, 0.4) is 0 Å². The lowest BCUT2D eigenvalue weighted by atomic mass is 10.0. The molecule has 15 heavy (non-hydrogen) atoms. The van der Waals surface area contributed by atoms with Crippen LogP contribution in [0.15, 0.2) is 0 Å². The summed E-state index contributed by atoms with van der Waals surface area (Å²) in [5.74, 6) is -0.684. The molecule has 0 aliphatic carbocycles. The summed E-state index contributed by atoms with van der Waals surface area (Å²) in [7, 11) is 0. The van der Waals surface area contributed by atoms with Crippen molar-refractivity contribution in [3.8, 4) is 0 Å². The summed E-state index contributed by atoms with van der Waals surface area (Å²) in [6.07, 6.45) is -1.22. The van der Waals surface area contributed by atoms with Crippen LogP contribution in [0, 0.1) is 5.92 Å². The van der Waals surface area contributed by atoms with Crippen LogP contribution in [-0.2, 0) is 9.53 Å². The Bertz CT molecular complexity index is 242. The van der Waals surface area contributed by atoms with Crippen molar-refractivity contribution in [3.63, 3.8) is 0 Å². The average Bonchev–Trinajstić information content (AvgIpc) is 1.95. The second-order valence-electron chi connectivity index (χ2n) is 4.70. The molecule has 88 valence electrons. The maximum Gasteiger partial charge on any atom is 0.405 e. The van der Waals surface area contributed by atoms with E-state index in [-0.39, 0.29) is 5.92 Å². The zero-order valence-electron chi connectivity index (χ0n) is 9.83. The first kappa shape index (κ1) is 13.7. The highest BCUT2D eigenvalue weighted by molar-refractivity contribution is 5.81. The number of carboxylic acid groups (broad SMARTS) is 1. The highest BCUT2D eigenvalue weighted by Gasteiger charge is 2.28. The van der Waals surface area contributed by atoms with Gasteiger partial charge in [0.1, 0.15) is 11.6 Å². The topological polar surface area (TPSA) is 75.6 Å². The summed E-state index contributed by atoms with van der Waals surface area (Å²) in [5.41, 5.74) is -0.607. The van der Waals surface area contributed by atoms with E-state index < -0.39 is 23.7 Å². The molecule has 1 amide bonds. The predicted octanol–water partition coefficient (Wildman–Crippen LogP) is 1.62. The molecule has 0 heterocycles. The summed E-state index contributed by atoms with van der Waals surface area (Å²) in [4.78, 5) is 22.1. The molecule has 0 spiro atoms. The maximum atomic E-state index is 11.6. The lowest BCUT2D eigenvalue weighted by Gasteiger charge is -2.25. The van der Waals surface area contributed by atoms with Crippen LogP contribution in [0.25, 0.3) is 0 Å². The van der Waals surface area contributed by atoms with Crippen molar-refractivity contribution in [1.29, 1.82) is 0 Å². The van der Waals surface area contributed by atoms with E-state index in [4.69, 9.17) is 9.84 Å². The Balaban J connectivity index is 4.50. The van der Waals surface area contributed by atoms with Gasteiger partial charge in [0.2, 0.25) is 0 Å². The number of carbonyl (C=O) groups excluding carboxylic acids is 1. The second-order valence-corrected chi connectivity index (χ2v) is 4.70. The van der Waals surface area contributed by atoms with Gasteiger partial charge in [0.25, 0.3) is 0 Å². The van der Waals surface area contributed by atoms with Crippen molar-refractivity contribution in [3.05, 3.63) is 0 Å². The van der Waals surface area contributed by atoms with Gasteiger partial charge in [0, 0.05) is 0 Å². The number of esters is 1. The molecule has 5 heteroatoms.